The van der Waals surface area contributed by atoms with E-state index >= 15 is 0 Å². The first-order chi connectivity index (χ1) is 8.26. The minimum absolute atomic E-state index is 0.0255. The zero-order chi connectivity index (χ0) is 12.3. The normalized spacial score (nSPS) is 23.8. The number of aromatic nitrogens is 2. The Morgan fingerprint density at radius 2 is 2.53 bits per heavy atom. The fourth-order valence-electron chi connectivity index (χ4n) is 2.31. The molecule has 2 atom stereocenters. The molecule has 0 bridgehead atoms. The van der Waals surface area contributed by atoms with E-state index in [2.05, 4.69) is 10.00 Å². The van der Waals surface area contributed by atoms with Gasteiger partial charge >= 0.3 is 0 Å². The SMILES string of the molecule is Cn1cc(C(CN)N2CCOCC2CO)cn1. The van der Waals surface area contributed by atoms with Crippen LogP contribution in [0.3, 0.4) is 0 Å². The molecule has 2 heterocycles. The van der Waals surface area contributed by atoms with E-state index in [1.807, 2.05) is 19.4 Å². The fraction of sp³-hybridized carbons (Fsp3) is 0.727. The quantitative estimate of drug-likeness (QED) is 0.714. The molecule has 2 unspecified atom stereocenters. The highest BCUT2D eigenvalue weighted by Gasteiger charge is 2.29. The van der Waals surface area contributed by atoms with Crippen LogP contribution >= 0.6 is 0 Å². The predicted molar refractivity (Wildman–Crippen MR) is 63.4 cm³/mol. The van der Waals surface area contributed by atoms with Crippen molar-refractivity contribution in [2.75, 3.05) is 32.9 Å². The highest BCUT2D eigenvalue weighted by Crippen LogP contribution is 2.23. The third kappa shape index (κ3) is 2.66. The molecule has 2 rings (SSSR count). The highest BCUT2D eigenvalue weighted by molar-refractivity contribution is 5.12. The number of nitrogens with two attached hydrogens (primary N) is 1. The summed E-state index contributed by atoms with van der Waals surface area (Å²) < 4.78 is 7.15. The van der Waals surface area contributed by atoms with Gasteiger partial charge in [0.2, 0.25) is 0 Å². The lowest BCUT2D eigenvalue weighted by Crippen LogP contribution is -2.50. The lowest BCUT2D eigenvalue weighted by Gasteiger charge is -2.39. The van der Waals surface area contributed by atoms with Crippen LogP contribution in [0.4, 0.5) is 0 Å². The van der Waals surface area contributed by atoms with E-state index in [4.69, 9.17) is 10.5 Å². The molecule has 1 saturated heterocycles. The number of aliphatic hydroxyl groups is 1. The first-order valence-corrected chi connectivity index (χ1v) is 5.89. The van der Waals surface area contributed by atoms with Gasteiger partial charge in [-0.3, -0.25) is 9.58 Å². The van der Waals surface area contributed by atoms with Gasteiger partial charge in [-0.2, -0.15) is 5.10 Å². The van der Waals surface area contributed by atoms with Crippen LogP contribution < -0.4 is 5.73 Å². The monoisotopic (exact) mass is 240 g/mol. The standard InChI is InChI=1S/C11H20N4O2/c1-14-6-9(5-13-14)11(4-12)15-2-3-17-8-10(15)7-16/h5-6,10-11,16H,2-4,7-8,12H2,1H3. The smallest absolute Gasteiger partial charge is 0.0645 e. The lowest BCUT2D eigenvalue weighted by atomic mass is 10.1. The maximum absolute atomic E-state index is 9.37. The third-order valence-corrected chi connectivity index (χ3v) is 3.22. The summed E-state index contributed by atoms with van der Waals surface area (Å²) >= 11 is 0. The van der Waals surface area contributed by atoms with Gasteiger partial charge in [0, 0.05) is 31.9 Å². The van der Waals surface area contributed by atoms with Crippen LogP contribution in [0.1, 0.15) is 11.6 Å². The van der Waals surface area contributed by atoms with E-state index in [0.29, 0.717) is 19.8 Å². The summed E-state index contributed by atoms with van der Waals surface area (Å²) in [4.78, 5) is 2.21. The number of rotatable bonds is 4. The lowest BCUT2D eigenvalue weighted by molar-refractivity contribution is -0.0463. The Balaban J connectivity index is 2.16. The van der Waals surface area contributed by atoms with Crippen LogP contribution in [0.5, 0.6) is 0 Å². The second kappa shape index (κ2) is 5.59. The zero-order valence-electron chi connectivity index (χ0n) is 10.1. The molecule has 1 fully saturated rings. The Kier molecular flexibility index (Phi) is 4.11. The maximum atomic E-state index is 9.37. The van der Waals surface area contributed by atoms with E-state index < -0.39 is 0 Å². The van der Waals surface area contributed by atoms with Crippen LogP contribution in [-0.2, 0) is 11.8 Å². The van der Waals surface area contributed by atoms with Crippen molar-refractivity contribution in [3.63, 3.8) is 0 Å². The van der Waals surface area contributed by atoms with Crippen molar-refractivity contribution in [2.24, 2.45) is 12.8 Å². The van der Waals surface area contributed by atoms with E-state index in [0.717, 1.165) is 12.1 Å². The summed E-state index contributed by atoms with van der Waals surface area (Å²) in [5.41, 5.74) is 6.95. The number of hydrogen-bond acceptors (Lipinski definition) is 5. The summed E-state index contributed by atoms with van der Waals surface area (Å²) in [7, 11) is 1.89. The Morgan fingerprint density at radius 1 is 1.71 bits per heavy atom. The molecule has 0 saturated carbocycles. The largest absolute Gasteiger partial charge is 0.395 e. The maximum Gasteiger partial charge on any atom is 0.0645 e. The second-order valence-corrected chi connectivity index (χ2v) is 4.35. The number of aryl methyl sites for hydroxylation is 1. The van der Waals surface area contributed by atoms with Gasteiger partial charge in [-0.1, -0.05) is 0 Å². The Hall–Kier alpha value is -0.950. The highest BCUT2D eigenvalue weighted by atomic mass is 16.5. The molecule has 1 aromatic rings. The number of ether oxygens (including phenoxy) is 1. The van der Waals surface area contributed by atoms with Crippen LogP contribution in [0.25, 0.3) is 0 Å². The molecule has 0 radical (unpaired) electrons. The molecule has 6 nitrogen and oxygen atoms in total. The summed E-state index contributed by atoms with van der Waals surface area (Å²) in [5, 5.41) is 13.5. The van der Waals surface area contributed by atoms with E-state index in [-0.39, 0.29) is 18.7 Å². The van der Waals surface area contributed by atoms with E-state index in [9.17, 15) is 5.11 Å². The molecule has 17 heavy (non-hydrogen) atoms. The number of hydrogen-bond donors (Lipinski definition) is 2. The molecule has 0 aromatic carbocycles. The van der Waals surface area contributed by atoms with E-state index in [1.165, 1.54) is 0 Å². The van der Waals surface area contributed by atoms with Gasteiger partial charge in [-0.25, -0.2) is 0 Å². The Labute approximate surface area is 101 Å². The molecule has 1 aliphatic rings. The number of nitrogens with zero attached hydrogens (tertiary/aromatic N) is 3. The molecule has 6 heteroatoms. The van der Waals surface area contributed by atoms with Gasteiger partial charge in [0.05, 0.1) is 38.1 Å². The summed E-state index contributed by atoms with van der Waals surface area (Å²) in [5.74, 6) is 0. The Morgan fingerprint density at radius 3 is 3.12 bits per heavy atom. The first-order valence-electron chi connectivity index (χ1n) is 5.89. The fourth-order valence-corrected chi connectivity index (χ4v) is 2.31. The second-order valence-electron chi connectivity index (χ2n) is 4.35. The molecule has 96 valence electrons. The van der Waals surface area contributed by atoms with Gasteiger partial charge in [0.15, 0.2) is 0 Å². The number of morpholine rings is 1. The minimum Gasteiger partial charge on any atom is -0.395 e. The average Bonchev–Trinajstić information content (AvgIpc) is 2.77. The predicted octanol–water partition coefficient (Wildman–Crippen LogP) is -0.887. The number of aliphatic hydroxyl groups excluding tert-OH is 1. The van der Waals surface area contributed by atoms with Crippen molar-refractivity contribution in [3.8, 4) is 0 Å². The van der Waals surface area contributed by atoms with Crippen LogP contribution in [0.2, 0.25) is 0 Å². The average molecular weight is 240 g/mol. The summed E-state index contributed by atoms with van der Waals surface area (Å²) in [6.07, 6.45) is 3.81. The Bertz CT molecular complexity index is 355. The van der Waals surface area contributed by atoms with Crippen molar-refractivity contribution >= 4 is 0 Å². The van der Waals surface area contributed by atoms with Crippen LogP contribution in [0.15, 0.2) is 12.4 Å². The van der Waals surface area contributed by atoms with Crippen molar-refractivity contribution in [3.05, 3.63) is 18.0 Å². The third-order valence-electron chi connectivity index (χ3n) is 3.22. The molecule has 1 aliphatic heterocycles. The van der Waals surface area contributed by atoms with Crippen molar-refractivity contribution in [2.45, 2.75) is 12.1 Å². The van der Waals surface area contributed by atoms with Gasteiger partial charge in [0.25, 0.3) is 0 Å². The molecule has 0 aliphatic carbocycles. The summed E-state index contributed by atoms with van der Waals surface area (Å²) in [6.45, 7) is 2.65. The molecular weight excluding hydrogens is 220 g/mol. The molecule has 0 amide bonds. The van der Waals surface area contributed by atoms with Crippen LogP contribution in [-0.4, -0.2) is 58.7 Å². The van der Waals surface area contributed by atoms with Gasteiger partial charge in [-0.15, -0.1) is 0 Å². The van der Waals surface area contributed by atoms with Gasteiger partial charge < -0.3 is 15.6 Å². The molecule has 0 spiro atoms. The van der Waals surface area contributed by atoms with E-state index in [1.54, 1.807) is 4.68 Å². The zero-order valence-corrected chi connectivity index (χ0v) is 10.1. The molecule has 3 N–H and O–H groups in total. The van der Waals surface area contributed by atoms with Crippen molar-refractivity contribution < 1.29 is 9.84 Å². The van der Waals surface area contributed by atoms with Crippen molar-refractivity contribution in [1.29, 1.82) is 0 Å². The molecule has 1 aromatic heterocycles. The van der Waals surface area contributed by atoms with Crippen molar-refractivity contribution in [1.82, 2.24) is 14.7 Å². The first kappa shape index (κ1) is 12.5. The van der Waals surface area contributed by atoms with Gasteiger partial charge in [-0.05, 0) is 0 Å². The minimum atomic E-state index is 0.0255. The summed E-state index contributed by atoms with van der Waals surface area (Å²) in [6, 6.07) is 0.127. The topological polar surface area (TPSA) is 76.5 Å². The molecular formula is C11H20N4O2. The van der Waals surface area contributed by atoms with Gasteiger partial charge in [0.1, 0.15) is 0 Å². The van der Waals surface area contributed by atoms with Crippen LogP contribution in [0, 0.1) is 0 Å².